The molecule has 0 fully saturated rings. The van der Waals surface area contributed by atoms with Crippen molar-refractivity contribution in [1.82, 2.24) is 51.8 Å². The fourth-order valence-electron chi connectivity index (χ4n) is 11.0. The number of benzene rings is 2. The van der Waals surface area contributed by atoms with Crippen LogP contribution in [0.4, 0.5) is 24.9 Å². The summed E-state index contributed by atoms with van der Waals surface area (Å²) in [4.78, 5) is 132. The van der Waals surface area contributed by atoms with Gasteiger partial charge in [0, 0.05) is 49.3 Å². The summed E-state index contributed by atoms with van der Waals surface area (Å²) in [5.74, 6) is -5.02. The molecule has 620 valence electrons. The number of hydrogen-bond donors (Lipinski definition) is 9. The molecule has 3 rings (SSSR count). The average molecular weight is 1560 g/mol. The Labute approximate surface area is 647 Å². The highest BCUT2D eigenvalue weighted by Gasteiger charge is 2.58. The Kier molecular flexibility index (Phi) is 42.3. The van der Waals surface area contributed by atoms with Crippen molar-refractivity contribution in [3.05, 3.63) is 66.4 Å². The molecule has 0 radical (unpaired) electrons. The first-order chi connectivity index (χ1) is 51.7. The van der Waals surface area contributed by atoms with E-state index in [0.29, 0.717) is 121 Å². The zero-order chi connectivity index (χ0) is 82.0. The summed E-state index contributed by atoms with van der Waals surface area (Å²) >= 11 is 0. The van der Waals surface area contributed by atoms with Gasteiger partial charge in [0.1, 0.15) is 52.8 Å². The number of urea groups is 2. The van der Waals surface area contributed by atoms with E-state index in [1.165, 1.54) is 0 Å². The Morgan fingerprint density at radius 3 is 1.48 bits per heavy atom. The summed E-state index contributed by atoms with van der Waals surface area (Å²) in [6, 6.07) is 11.7. The van der Waals surface area contributed by atoms with Gasteiger partial charge >= 0.3 is 48.1 Å². The number of carbonyl (C=O) groups is 10. The standard InChI is InChI=1S/C77H125N11O22/c1-72(2,3)77(67(95)96,35-33-63(90)91)88(73(4,5)6)69(98)84-60(66(94)109-75(10,11)12)32-20-22-36-78-68(97)81-57-29-25-28-56(52-57)61-53-87(86-85-61)39-41-102-43-45-104-47-49-106-51-50-105-48-46-103-44-42-101-40-34-62(89)82-58(30-19-23-38-80-71(100)110-76(13,14)15)64(92)83-59(65(93)108-74(7,8)9)31-21-24-37-79-70(99)107-54-55-26-17-16-18-27-55/h16-18,25-29,52-53,58-60H,19-24,30-51,54H2,1-15H3,(H,79,99)(H,80,100)(H,82,89)(H,83,92)(H,84,98)(H,90,91)(H,95,96)(H2,78,81,97)/t58-,59-,60-,77-/m0/s1. The molecule has 0 aliphatic heterocycles. The number of carboxylic acids is 2. The van der Waals surface area contributed by atoms with Gasteiger partial charge in [-0.15, -0.1) is 5.10 Å². The van der Waals surface area contributed by atoms with Gasteiger partial charge in [0.2, 0.25) is 11.8 Å². The highest BCUT2D eigenvalue weighted by Crippen LogP contribution is 2.44. The molecule has 0 saturated heterocycles. The Morgan fingerprint density at radius 2 is 0.991 bits per heavy atom. The van der Waals surface area contributed by atoms with E-state index in [9.17, 15) is 58.2 Å². The molecular formula is C77H125N11O22. The van der Waals surface area contributed by atoms with Crippen LogP contribution in [0.15, 0.2) is 60.8 Å². The van der Waals surface area contributed by atoms with Gasteiger partial charge < -0.3 is 99.7 Å². The normalized spacial score (nSPS) is 13.3. The minimum absolute atomic E-state index is 0.0495. The first-order valence-electron chi connectivity index (χ1n) is 37.7. The van der Waals surface area contributed by atoms with Crippen LogP contribution in [0.5, 0.6) is 0 Å². The number of aliphatic carboxylic acids is 2. The summed E-state index contributed by atoms with van der Waals surface area (Å²) in [6.07, 6.45) is 2.65. The van der Waals surface area contributed by atoms with Crippen LogP contribution in [0.1, 0.15) is 186 Å². The molecule has 2 aromatic carbocycles. The molecule has 0 bridgehead atoms. The molecule has 33 heteroatoms. The van der Waals surface area contributed by atoms with E-state index in [1.54, 1.807) is 133 Å². The maximum absolute atomic E-state index is 14.3. The number of rotatable bonds is 51. The number of unbranched alkanes of at least 4 members (excludes halogenated alkanes) is 3. The lowest BCUT2D eigenvalue weighted by Crippen LogP contribution is -2.71. The predicted octanol–water partition coefficient (Wildman–Crippen LogP) is 9.08. The second kappa shape index (κ2) is 48.8. The van der Waals surface area contributed by atoms with Crippen LogP contribution in [-0.4, -0.2) is 235 Å². The number of esters is 2. The number of anilines is 1. The third-order valence-electron chi connectivity index (χ3n) is 16.1. The Balaban J connectivity index is 1.31. The third kappa shape index (κ3) is 40.3. The smallest absolute Gasteiger partial charge is 0.407 e. The van der Waals surface area contributed by atoms with E-state index >= 15 is 0 Å². The minimum atomic E-state index is -1.99. The lowest BCUT2D eigenvalue weighted by molar-refractivity contribution is -0.164. The molecule has 0 saturated carbocycles. The van der Waals surface area contributed by atoms with E-state index in [2.05, 4.69) is 47.5 Å². The van der Waals surface area contributed by atoms with Crippen LogP contribution in [0.25, 0.3) is 11.3 Å². The molecular weight excluding hydrogens is 1430 g/mol. The maximum Gasteiger partial charge on any atom is 0.407 e. The zero-order valence-corrected chi connectivity index (χ0v) is 67.4. The van der Waals surface area contributed by atoms with Gasteiger partial charge in [0.05, 0.1) is 92.0 Å². The molecule has 3 aromatic rings. The highest BCUT2D eigenvalue weighted by atomic mass is 16.6. The van der Waals surface area contributed by atoms with Crippen molar-refractivity contribution in [3.8, 4) is 11.3 Å². The number of carboxylic acid groups (broad SMARTS) is 2. The molecule has 33 nitrogen and oxygen atoms in total. The van der Waals surface area contributed by atoms with Crippen molar-refractivity contribution >= 4 is 65.6 Å². The summed E-state index contributed by atoms with van der Waals surface area (Å²) in [6.45, 7) is 30.1. The fourth-order valence-corrected chi connectivity index (χ4v) is 11.0. The number of aromatic nitrogens is 3. The van der Waals surface area contributed by atoms with Crippen molar-refractivity contribution in [3.63, 3.8) is 0 Å². The first kappa shape index (κ1) is 95.4. The quantitative estimate of drug-likeness (QED) is 0.0144. The van der Waals surface area contributed by atoms with Crippen LogP contribution in [0.2, 0.25) is 0 Å². The van der Waals surface area contributed by atoms with E-state index in [0.717, 1.165) is 10.5 Å². The number of alkyl carbamates (subject to hydrolysis) is 2. The molecule has 9 N–H and O–H groups in total. The maximum atomic E-state index is 14.3. The lowest BCUT2D eigenvalue weighted by atomic mass is 9.68. The van der Waals surface area contributed by atoms with Gasteiger partial charge in [0.25, 0.3) is 0 Å². The van der Waals surface area contributed by atoms with Gasteiger partial charge in [-0.3, -0.25) is 14.4 Å². The Hall–Kier alpha value is -8.76. The van der Waals surface area contributed by atoms with Crippen LogP contribution in [-0.2, 0) is 89.3 Å². The van der Waals surface area contributed by atoms with Crippen molar-refractivity contribution in [2.45, 2.75) is 240 Å². The Morgan fingerprint density at radius 1 is 0.509 bits per heavy atom. The van der Waals surface area contributed by atoms with Gasteiger partial charge in [-0.2, -0.15) is 0 Å². The van der Waals surface area contributed by atoms with Gasteiger partial charge in [0.15, 0.2) is 0 Å². The second-order valence-corrected chi connectivity index (χ2v) is 31.2. The second-order valence-electron chi connectivity index (χ2n) is 31.2. The average Bonchev–Trinajstić information content (AvgIpc) is 0.787. The van der Waals surface area contributed by atoms with Gasteiger partial charge in [-0.1, -0.05) is 68.4 Å². The predicted molar refractivity (Wildman–Crippen MR) is 409 cm³/mol. The first-order valence-corrected chi connectivity index (χ1v) is 37.7. The summed E-state index contributed by atoms with van der Waals surface area (Å²) < 4.78 is 57.3. The van der Waals surface area contributed by atoms with Crippen LogP contribution >= 0.6 is 0 Å². The third-order valence-corrected chi connectivity index (χ3v) is 16.1. The SMILES string of the molecule is CC(C)(C)OC(=O)NCCCC[C@H](NC(=O)CCOCCOCCOCCOCCOCCOCCn1cc(-c2cccc(NC(=O)NCCCC[C@H](NC(=O)N(C(C)(C)C)[C@@](CCC(=O)O)(C(=O)O)C(C)(C)C)C(=O)OC(C)(C)C)c2)nn1)C(=O)N[C@@H](CCCCNC(=O)OCc1ccccc1)C(=O)OC(C)(C)C. The van der Waals surface area contributed by atoms with E-state index in [-0.39, 0.29) is 71.7 Å². The highest BCUT2D eigenvalue weighted by molar-refractivity contribution is 5.92. The summed E-state index contributed by atoms with van der Waals surface area (Å²) in [7, 11) is 0. The van der Waals surface area contributed by atoms with Gasteiger partial charge in [-0.25, -0.2) is 38.2 Å². The zero-order valence-electron chi connectivity index (χ0n) is 67.4. The van der Waals surface area contributed by atoms with Crippen molar-refractivity contribution in [1.29, 1.82) is 0 Å². The van der Waals surface area contributed by atoms with Crippen molar-refractivity contribution in [2.24, 2.45) is 5.41 Å². The van der Waals surface area contributed by atoms with Crippen LogP contribution in [0, 0.1) is 5.41 Å². The molecule has 8 amide bonds. The van der Waals surface area contributed by atoms with Crippen LogP contribution < -0.4 is 37.2 Å². The molecule has 0 spiro atoms. The number of hydrogen-bond acceptors (Lipinski definition) is 22. The largest absolute Gasteiger partial charge is 0.481 e. The summed E-state index contributed by atoms with van der Waals surface area (Å²) in [5.41, 5.74) is -4.11. The molecule has 4 atom stereocenters. The molecule has 1 heterocycles. The monoisotopic (exact) mass is 1560 g/mol. The van der Waals surface area contributed by atoms with E-state index in [1.807, 2.05) is 36.4 Å². The number of nitrogens with zero attached hydrogens (tertiary/aromatic N) is 4. The number of nitrogens with one attached hydrogen (secondary N) is 7. The van der Waals surface area contributed by atoms with Crippen molar-refractivity contribution in [2.75, 3.05) is 104 Å². The molecule has 1 aromatic heterocycles. The number of amides is 8. The number of ether oxygens (including phenoxy) is 10. The van der Waals surface area contributed by atoms with E-state index < -0.39 is 124 Å². The fraction of sp³-hybridized carbons (Fsp3) is 0.688. The topological polar surface area (TPSA) is 422 Å². The summed E-state index contributed by atoms with van der Waals surface area (Å²) in [5, 5.41) is 48.2. The van der Waals surface area contributed by atoms with E-state index in [4.69, 9.17) is 47.4 Å². The lowest BCUT2D eigenvalue weighted by Gasteiger charge is -2.54. The number of carbonyl (C=O) groups excluding carboxylic acids is 8. The minimum Gasteiger partial charge on any atom is -0.481 e. The molecule has 0 aliphatic carbocycles. The molecule has 0 aliphatic rings. The molecule has 110 heavy (non-hydrogen) atoms. The van der Waals surface area contributed by atoms with Crippen LogP contribution in [0.3, 0.4) is 0 Å². The van der Waals surface area contributed by atoms with Gasteiger partial charge in [-0.05, 0) is 170 Å². The Bertz CT molecular complexity index is 3290. The van der Waals surface area contributed by atoms with Crippen molar-refractivity contribution < 1.29 is 106 Å². The molecule has 0 unspecified atom stereocenters.